The van der Waals surface area contributed by atoms with Gasteiger partial charge in [-0.2, -0.15) is 0 Å². The predicted molar refractivity (Wildman–Crippen MR) is 100 cm³/mol. The molecular weight excluding hydrogens is 402 g/mol. The zero-order chi connectivity index (χ0) is 21.8. The van der Waals surface area contributed by atoms with Gasteiger partial charge in [0.25, 0.3) is 11.1 Å². The van der Waals surface area contributed by atoms with Crippen LogP contribution in [0.3, 0.4) is 0 Å². The molecule has 12 heteroatoms. The molecular formula is C18H21N3O9. The van der Waals surface area contributed by atoms with Gasteiger partial charge in [0.2, 0.25) is 0 Å². The molecule has 2 aliphatic rings. The zero-order valence-electron chi connectivity index (χ0n) is 16.5. The van der Waals surface area contributed by atoms with Crippen molar-refractivity contribution >= 4 is 17.0 Å². The molecule has 2 aromatic heterocycles. The third-order valence-corrected chi connectivity index (χ3v) is 5.00. The number of carbonyl (C=O) groups is 1. The van der Waals surface area contributed by atoms with E-state index in [1.807, 2.05) is 0 Å². The van der Waals surface area contributed by atoms with Gasteiger partial charge in [-0.3, -0.25) is 14.6 Å². The smallest absolute Gasteiger partial charge is 0.343 e. The van der Waals surface area contributed by atoms with Crippen molar-refractivity contribution in [2.24, 2.45) is 0 Å². The second kappa shape index (κ2) is 7.16. The summed E-state index contributed by atoms with van der Waals surface area (Å²) in [7, 11) is 0. The maximum Gasteiger partial charge on any atom is 0.343 e. The Kier molecular flexibility index (Phi) is 4.89. The third-order valence-electron chi connectivity index (χ3n) is 5.00. The van der Waals surface area contributed by atoms with Gasteiger partial charge in [0.15, 0.2) is 12.0 Å². The molecule has 0 aliphatic carbocycles. The average Bonchev–Trinajstić information content (AvgIpc) is 3.14. The van der Waals surface area contributed by atoms with Crippen molar-refractivity contribution in [1.82, 2.24) is 14.5 Å². The monoisotopic (exact) mass is 423 g/mol. The molecule has 162 valence electrons. The highest BCUT2D eigenvalue weighted by atomic mass is 16.8. The van der Waals surface area contributed by atoms with Crippen LogP contribution in [0.1, 0.15) is 37.4 Å². The number of aliphatic hydroxyl groups is 1. The van der Waals surface area contributed by atoms with Gasteiger partial charge < -0.3 is 29.0 Å². The predicted octanol–water partition coefficient (Wildman–Crippen LogP) is -1.04. The van der Waals surface area contributed by atoms with Gasteiger partial charge in [-0.15, -0.1) is 0 Å². The number of nitrogens with zero attached hydrogens (tertiary/aromatic N) is 1. The first kappa shape index (κ1) is 20.5. The van der Waals surface area contributed by atoms with E-state index in [-0.39, 0.29) is 23.2 Å². The standard InChI is InChI=1S/C18H21N3O9/c1-4-27-16(25)8-5-7-12(19-14(8)24)21(17(26)20-13(7)23)15-11-10(9(6-22)28-15)29-18(2,3)30-11/h5,9-11,15,22H,4,6H2,1-3H3,(H,19,24)(H,20,23,26)/t9-,10+,11?,15+/m1/s1. The fraction of sp³-hybridized carbons (Fsp3) is 0.556. The van der Waals surface area contributed by atoms with Crippen molar-refractivity contribution in [2.45, 2.75) is 51.1 Å². The van der Waals surface area contributed by atoms with E-state index < -0.39 is 59.7 Å². The molecule has 4 rings (SSSR count). The number of ether oxygens (including phenoxy) is 4. The number of aromatic amines is 2. The van der Waals surface area contributed by atoms with Gasteiger partial charge in [-0.1, -0.05) is 0 Å². The lowest BCUT2D eigenvalue weighted by Crippen LogP contribution is -2.39. The van der Waals surface area contributed by atoms with E-state index in [9.17, 15) is 24.3 Å². The van der Waals surface area contributed by atoms with Crippen molar-refractivity contribution in [3.8, 4) is 0 Å². The molecule has 30 heavy (non-hydrogen) atoms. The largest absolute Gasteiger partial charge is 0.462 e. The van der Waals surface area contributed by atoms with E-state index in [0.29, 0.717) is 0 Å². The molecule has 0 aromatic carbocycles. The fourth-order valence-electron chi connectivity index (χ4n) is 3.83. The fourth-order valence-corrected chi connectivity index (χ4v) is 3.83. The molecule has 4 heterocycles. The Labute approximate surface area is 168 Å². The van der Waals surface area contributed by atoms with Gasteiger partial charge in [0.1, 0.15) is 29.5 Å². The highest BCUT2D eigenvalue weighted by Crippen LogP contribution is 2.42. The quantitative estimate of drug-likeness (QED) is 0.522. The number of aromatic nitrogens is 3. The second-order valence-corrected chi connectivity index (χ2v) is 7.44. The molecule has 0 saturated carbocycles. The molecule has 4 atom stereocenters. The minimum atomic E-state index is -1.11. The van der Waals surface area contributed by atoms with Crippen molar-refractivity contribution in [3.63, 3.8) is 0 Å². The lowest BCUT2D eigenvalue weighted by molar-refractivity contribution is -0.200. The van der Waals surface area contributed by atoms with Crippen LogP contribution < -0.4 is 16.8 Å². The van der Waals surface area contributed by atoms with Crippen LogP contribution in [0.4, 0.5) is 0 Å². The molecule has 2 fully saturated rings. The van der Waals surface area contributed by atoms with E-state index in [1.54, 1.807) is 20.8 Å². The first-order valence-electron chi connectivity index (χ1n) is 9.37. The van der Waals surface area contributed by atoms with Crippen LogP contribution in [0.25, 0.3) is 11.0 Å². The summed E-state index contributed by atoms with van der Waals surface area (Å²) in [5, 5.41) is 9.53. The Balaban J connectivity index is 1.90. The van der Waals surface area contributed by atoms with E-state index in [0.717, 1.165) is 10.6 Å². The number of nitrogens with one attached hydrogen (secondary N) is 2. The summed E-state index contributed by atoms with van der Waals surface area (Å²) in [6.07, 6.45) is -3.36. The SMILES string of the molecule is CCOC(=O)c1cc2c(=O)[nH]c(=O)n([C@H]3O[C@H](CO)[C@@H]4OC(C)(C)OC43)c2[nH]c1=O. The number of esters is 1. The summed E-state index contributed by atoms with van der Waals surface area (Å²) in [5.74, 6) is -1.89. The van der Waals surface area contributed by atoms with E-state index >= 15 is 0 Å². The summed E-state index contributed by atoms with van der Waals surface area (Å²) in [5.41, 5.74) is -3.03. The number of pyridine rings is 1. The van der Waals surface area contributed by atoms with Gasteiger partial charge in [0.05, 0.1) is 18.6 Å². The molecule has 2 aliphatic heterocycles. The maximum absolute atomic E-state index is 12.7. The molecule has 0 spiro atoms. The molecule has 1 unspecified atom stereocenters. The Morgan fingerprint density at radius 1 is 1.20 bits per heavy atom. The first-order chi connectivity index (χ1) is 14.2. The number of hydrogen-bond acceptors (Lipinski definition) is 9. The first-order valence-corrected chi connectivity index (χ1v) is 9.37. The van der Waals surface area contributed by atoms with Crippen molar-refractivity contribution in [1.29, 1.82) is 0 Å². The van der Waals surface area contributed by atoms with E-state index in [2.05, 4.69) is 9.97 Å². The summed E-state index contributed by atoms with van der Waals surface area (Å²) in [4.78, 5) is 54.1. The lowest BCUT2D eigenvalue weighted by Gasteiger charge is -2.25. The number of rotatable bonds is 4. The summed E-state index contributed by atoms with van der Waals surface area (Å²) < 4.78 is 23.3. The van der Waals surface area contributed by atoms with Crippen molar-refractivity contribution < 1.29 is 28.8 Å². The topological polar surface area (TPSA) is 162 Å². The van der Waals surface area contributed by atoms with Crippen LogP contribution in [0.2, 0.25) is 0 Å². The third kappa shape index (κ3) is 3.17. The zero-order valence-corrected chi connectivity index (χ0v) is 16.5. The van der Waals surface area contributed by atoms with Gasteiger partial charge in [0, 0.05) is 0 Å². The van der Waals surface area contributed by atoms with Gasteiger partial charge in [-0.25, -0.2) is 14.2 Å². The molecule has 2 aromatic rings. The highest BCUT2D eigenvalue weighted by Gasteiger charge is 2.56. The van der Waals surface area contributed by atoms with E-state index in [4.69, 9.17) is 18.9 Å². The number of hydrogen-bond donors (Lipinski definition) is 3. The van der Waals surface area contributed by atoms with Crippen LogP contribution >= 0.6 is 0 Å². The molecule has 3 N–H and O–H groups in total. The van der Waals surface area contributed by atoms with E-state index in [1.165, 1.54) is 0 Å². The van der Waals surface area contributed by atoms with Crippen LogP contribution in [0, 0.1) is 0 Å². The summed E-state index contributed by atoms with van der Waals surface area (Å²) in [6.45, 7) is 4.59. The lowest BCUT2D eigenvalue weighted by atomic mass is 10.1. The Bertz CT molecular complexity index is 1180. The summed E-state index contributed by atoms with van der Waals surface area (Å²) in [6, 6.07) is 1.06. The molecule has 0 bridgehead atoms. The number of fused-ring (bicyclic) bond motifs is 2. The number of carbonyl (C=O) groups excluding carboxylic acids is 1. The summed E-state index contributed by atoms with van der Waals surface area (Å²) >= 11 is 0. The molecule has 0 amide bonds. The Morgan fingerprint density at radius 3 is 2.57 bits per heavy atom. The van der Waals surface area contributed by atoms with Crippen molar-refractivity contribution in [2.75, 3.05) is 13.2 Å². The van der Waals surface area contributed by atoms with Crippen LogP contribution in [0.15, 0.2) is 20.4 Å². The van der Waals surface area contributed by atoms with Crippen LogP contribution in [0.5, 0.6) is 0 Å². The average molecular weight is 423 g/mol. The molecule has 0 radical (unpaired) electrons. The number of H-pyrrole nitrogens is 2. The Morgan fingerprint density at radius 2 is 1.90 bits per heavy atom. The molecule has 2 saturated heterocycles. The normalized spacial score (nSPS) is 27.3. The van der Waals surface area contributed by atoms with Crippen LogP contribution in [-0.4, -0.2) is 62.9 Å². The Hall–Kier alpha value is -2.80. The van der Waals surface area contributed by atoms with Gasteiger partial charge >= 0.3 is 11.7 Å². The highest BCUT2D eigenvalue weighted by molar-refractivity contribution is 5.92. The van der Waals surface area contributed by atoms with Crippen molar-refractivity contribution in [3.05, 3.63) is 42.8 Å². The maximum atomic E-state index is 12.7. The molecule has 12 nitrogen and oxygen atoms in total. The minimum Gasteiger partial charge on any atom is -0.462 e. The number of aliphatic hydroxyl groups excluding tert-OH is 1. The second-order valence-electron chi connectivity index (χ2n) is 7.44. The van der Waals surface area contributed by atoms with Gasteiger partial charge in [-0.05, 0) is 26.8 Å². The minimum absolute atomic E-state index is 0.0425. The van der Waals surface area contributed by atoms with Crippen LogP contribution in [-0.2, 0) is 18.9 Å².